The van der Waals surface area contributed by atoms with Crippen molar-refractivity contribution < 1.29 is 35.5 Å². The molecule has 0 bridgehead atoms. The van der Waals surface area contributed by atoms with Gasteiger partial charge in [-0.05, 0) is 56.4 Å². The molecule has 2 aliphatic heterocycles. The van der Waals surface area contributed by atoms with Gasteiger partial charge >= 0.3 is 12.2 Å². The first-order chi connectivity index (χ1) is 21.4. The van der Waals surface area contributed by atoms with Crippen LogP contribution in [-0.2, 0) is 6.18 Å². The predicted molar refractivity (Wildman–Crippen MR) is 157 cm³/mol. The van der Waals surface area contributed by atoms with Crippen molar-refractivity contribution in [2.45, 2.75) is 76.8 Å². The molecule has 4 heterocycles. The smallest absolute Gasteiger partial charge is 0.417 e. The molecule has 2 saturated heterocycles. The van der Waals surface area contributed by atoms with Crippen LogP contribution in [0.25, 0.3) is 22.2 Å². The summed E-state index contributed by atoms with van der Waals surface area (Å²) in [5.41, 5.74) is 2.02. The molecule has 45 heavy (non-hydrogen) atoms. The van der Waals surface area contributed by atoms with Gasteiger partial charge in [-0.3, -0.25) is 9.88 Å². The number of hydrogen-bond donors (Lipinski definition) is 1. The highest BCUT2D eigenvalue weighted by molar-refractivity contribution is 5.92. The second-order valence-corrected chi connectivity index (χ2v) is 11.6. The van der Waals surface area contributed by atoms with Gasteiger partial charge in [-0.1, -0.05) is 13.3 Å². The van der Waals surface area contributed by atoms with E-state index in [9.17, 15) is 26.3 Å². The van der Waals surface area contributed by atoms with Crippen LogP contribution in [0.15, 0.2) is 24.2 Å². The number of nitrogens with zero attached hydrogens (tertiary/aromatic N) is 5. The van der Waals surface area contributed by atoms with Crippen LogP contribution in [0.3, 0.4) is 0 Å². The fraction of sp³-hybridized carbons (Fsp3) is 0.516. The molecule has 0 amide bonds. The summed E-state index contributed by atoms with van der Waals surface area (Å²) >= 11 is 0. The number of rotatable bonds is 7. The van der Waals surface area contributed by atoms with E-state index in [0.717, 1.165) is 44.4 Å². The van der Waals surface area contributed by atoms with E-state index < -0.39 is 58.1 Å². The highest BCUT2D eigenvalue weighted by Crippen LogP contribution is 2.44. The third kappa shape index (κ3) is 6.52. The molecule has 3 atom stereocenters. The number of nitrogen functional groups attached to an aromatic ring is 1. The lowest BCUT2D eigenvalue weighted by molar-refractivity contribution is -0.137. The van der Waals surface area contributed by atoms with Gasteiger partial charge in [-0.2, -0.15) is 23.1 Å². The van der Waals surface area contributed by atoms with Crippen LogP contribution in [0.1, 0.15) is 56.6 Å². The molecule has 1 saturated carbocycles. The highest BCUT2D eigenvalue weighted by Gasteiger charge is 2.44. The van der Waals surface area contributed by atoms with Gasteiger partial charge < -0.3 is 15.4 Å². The molecule has 6 rings (SSSR count). The molecule has 1 aliphatic carbocycles. The van der Waals surface area contributed by atoms with E-state index in [2.05, 4.69) is 19.9 Å². The SMILES string of the molecule is CCCCN(c1nc(OC)nc2c(F)c(-c3cc(N)c(F)c(C)c3C(F)(F)F)ncc12)[C@@H]1C[C@H]1F.F/C=C1\CC2CCCN2C1. The van der Waals surface area contributed by atoms with E-state index in [1.807, 2.05) is 6.92 Å². The number of pyridine rings is 1. The van der Waals surface area contributed by atoms with Crippen LogP contribution in [0.2, 0.25) is 0 Å². The highest BCUT2D eigenvalue weighted by atomic mass is 19.4. The number of aromatic nitrogens is 3. The maximum Gasteiger partial charge on any atom is 0.417 e. The first-order valence-corrected chi connectivity index (χ1v) is 14.9. The number of alkyl halides is 4. The zero-order valence-corrected chi connectivity index (χ0v) is 25.2. The predicted octanol–water partition coefficient (Wildman–Crippen LogP) is 7.31. The number of benzene rings is 1. The molecular weight excluding hydrogens is 605 g/mol. The molecule has 3 aliphatic rings. The first kappa shape index (κ1) is 32.7. The van der Waals surface area contributed by atoms with Gasteiger partial charge in [-0.15, -0.1) is 0 Å². The van der Waals surface area contributed by atoms with E-state index in [1.54, 1.807) is 4.90 Å². The maximum atomic E-state index is 15.8. The lowest BCUT2D eigenvalue weighted by Crippen LogP contribution is -2.30. The lowest BCUT2D eigenvalue weighted by atomic mass is 9.96. The summed E-state index contributed by atoms with van der Waals surface area (Å²) < 4.78 is 103. The van der Waals surface area contributed by atoms with Crippen molar-refractivity contribution in [1.29, 1.82) is 0 Å². The van der Waals surface area contributed by atoms with Crippen LogP contribution in [-0.4, -0.2) is 64.9 Å². The Hall–Kier alpha value is -3.68. The summed E-state index contributed by atoms with van der Waals surface area (Å²) in [4.78, 5) is 16.3. The minimum Gasteiger partial charge on any atom is -0.467 e. The Labute approximate surface area is 256 Å². The zero-order valence-electron chi connectivity index (χ0n) is 25.2. The molecule has 2 N–H and O–H groups in total. The quantitative estimate of drug-likeness (QED) is 0.214. The van der Waals surface area contributed by atoms with Gasteiger partial charge in [-0.25, -0.2) is 17.6 Å². The van der Waals surface area contributed by atoms with E-state index in [0.29, 0.717) is 25.1 Å². The number of hydrogen-bond acceptors (Lipinski definition) is 7. The van der Waals surface area contributed by atoms with E-state index in [4.69, 9.17) is 10.5 Å². The molecule has 3 aromatic rings. The van der Waals surface area contributed by atoms with Crippen LogP contribution in [0, 0.1) is 18.6 Å². The average molecular weight is 641 g/mol. The van der Waals surface area contributed by atoms with Crippen molar-refractivity contribution in [2.75, 3.05) is 37.4 Å². The maximum absolute atomic E-state index is 15.8. The minimum absolute atomic E-state index is 0.0858. The Morgan fingerprint density at radius 2 is 1.93 bits per heavy atom. The number of anilines is 2. The molecule has 3 fully saturated rings. The summed E-state index contributed by atoms with van der Waals surface area (Å²) in [5.74, 6) is -2.26. The number of methoxy groups -OCH3 is 1. The van der Waals surface area contributed by atoms with Crippen LogP contribution in [0.4, 0.5) is 42.2 Å². The van der Waals surface area contributed by atoms with E-state index >= 15 is 4.39 Å². The Morgan fingerprint density at radius 3 is 2.53 bits per heavy atom. The summed E-state index contributed by atoms with van der Waals surface area (Å²) in [6, 6.07) is 0.671. The molecule has 0 radical (unpaired) electrons. The molecule has 1 aromatic carbocycles. The Balaban J connectivity index is 0.000000336. The Morgan fingerprint density at radius 1 is 1.20 bits per heavy atom. The first-order valence-electron chi connectivity index (χ1n) is 14.9. The summed E-state index contributed by atoms with van der Waals surface area (Å²) in [7, 11) is 1.25. The second kappa shape index (κ2) is 13.0. The summed E-state index contributed by atoms with van der Waals surface area (Å²) in [6.45, 7) is 5.36. The van der Waals surface area contributed by atoms with Crippen molar-refractivity contribution in [2.24, 2.45) is 0 Å². The van der Waals surface area contributed by atoms with Gasteiger partial charge in [0.1, 0.15) is 29.0 Å². The van der Waals surface area contributed by atoms with E-state index in [1.165, 1.54) is 26.5 Å². The number of ether oxygens (including phenoxy) is 1. The molecule has 2 aromatic heterocycles. The van der Waals surface area contributed by atoms with Crippen molar-refractivity contribution >= 4 is 22.4 Å². The number of unbranched alkanes of at least 4 members (excludes halogenated alkanes) is 1. The van der Waals surface area contributed by atoms with Crippen LogP contribution >= 0.6 is 0 Å². The van der Waals surface area contributed by atoms with Crippen molar-refractivity contribution in [1.82, 2.24) is 19.9 Å². The minimum atomic E-state index is -5.01. The second-order valence-electron chi connectivity index (χ2n) is 11.6. The molecule has 1 unspecified atom stereocenters. The summed E-state index contributed by atoms with van der Waals surface area (Å²) in [5, 5.41) is 0.0858. The largest absolute Gasteiger partial charge is 0.467 e. The Kier molecular flexibility index (Phi) is 9.43. The third-order valence-electron chi connectivity index (χ3n) is 8.55. The molecule has 0 spiro atoms. The standard InChI is InChI=1S/C23H23F6N5O.C8H12FN/c1-4-5-6-34(15-8-13(15)24)21-12-9-31-19(18(26)20(12)32-22(33-21)35-3)11-7-14(30)17(25)10(2)16(11)23(27,28)29;9-5-7-4-8-2-1-3-10(8)6-7/h7,9,13,15H,4-6,8,30H2,1-3H3;5,8H,1-4,6H2/b;7-5+/t13-,15-;/m1./s1. The van der Waals surface area contributed by atoms with Crippen molar-refractivity contribution in [3.63, 3.8) is 0 Å². The monoisotopic (exact) mass is 640 g/mol. The topological polar surface area (TPSA) is 80.4 Å². The zero-order chi connectivity index (χ0) is 32.6. The Bertz CT molecular complexity index is 1580. The lowest BCUT2D eigenvalue weighted by Gasteiger charge is -2.25. The van der Waals surface area contributed by atoms with Gasteiger partial charge in [0, 0.05) is 37.3 Å². The fourth-order valence-corrected chi connectivity index (χ4v) is 6.16. The van der Waals surface area contributed by atoms with Gasteiger partial charge in [0.2, 0.25) is 0 Å². The van der Waals surface area contributed by atoms with Gasteiger partial charge in [0.15, 0.2) is 5.82 Å². The van der Waals surface area contributed by atoms with E-state index in [-0.39, 0.29) is 29.2 Å². The molecular formula is C31H35F7N6O. The van der Waals surface area contributed by atoms with Gasteiger partial charge in [0.05, 0.1) is 36.1 Å². The van der Waals surface area contributed by atoms with Crippen molar-refractivity contribution in [3.05, 3.63) is 46.9 Å². The molecule has 7 nitrogen and oxygen atoms in total. The van der Waals surface area contributed by atoms with Gasteiger partial charge in [0.25, 0.3) is 0 Å². The summed E-state index contributed by atoms with van der Waals surface area (Å²) in [6.07, 6.45) is 1.18. The fourth-order valence-electron chi connectivity index (χ4n) is 6.16. The molecule has 244 valence electrons. The normalized spacial score (nSPS) is 22.0. The van der Waals surface area contributed by atoms with Crippen LogP contribution < -0.4 is 15.4 Å². The van der Waals surface area contributed by atoms with Crippen LogP contribution in [0.5, 0.6) is 6.01 Å². The average Bonchev–Trinajstić information content (AvgIpc) is 3.35. The number of fused-ring (bicyclic) bond motifs is 2. The number of halogens is 7. The third-order valence-corrected chi connectivity index (χ3v) is 8.55. The number of nitrogens with two attached hydrogens (primary N) is 1. The van der Waals surface area contributed by atoms with Crippen molar-refractivity contribution in [3.8, 4) is 17.3 Å². The molecule has 14 heteroatoms.